The van der Waals surface area contributed by atoms with E-state index in [1.165, 1.54) is 0 Å². The van der Waals surface area contributed by atoms with Crippen molar-refractivity contribution >= 4 is 5.91 Å². The number of carbonyl (C=O) groups is 1. The van der Waals surface area contributed by atoms with Crippen LogP contribution in [0.25, 0.3) is 0 Å². The average molecular weight is 356 g/mol. The zero-order valence-corrected chi connectivity index (χ0v) is 15.0. The largest absolute Gasteiger partial charge is 0.504 e. The first-order valence-electron chi connectivity index (χ1n) is 8.66. The fraction of sp³-hybridized carbons (Fsp3) is 0.400. The summed E-state index contributed by atoms with van der Waals surface area (Å²) in [5.41, 5.74) is 1.67. The first-order chi connectivity index (χ1) is 12.6. The number of allylic oxidation sites excluding steroid dienone is 2. The quantitative estimate of drug-likeness (QED) is 0.461. The molecule has 6 nitrogen and oxygen atoms in total. The number of benzene rings is 1. The molecule has 0 radical (unpaired) electrons. The van der Waals surface area contributed by atoms with Crippen LogP contribution in [0.4, 0.5) is 0 Å². The van der Waals surface area contributed by atoms with E-state index in [-0.39, 0.29) is 17.2 Å². The SMILES string of the molecule is C=CCc1cc(CC=C(C#N)C(=O)N2CCOCC2)cc(OCC)c1O. The van der Waals surface area contributed by atoms with Gasteiger partial charge in [-0.3, -0.25) is 4.79 Å². The second kappa shape index (κ2) is 9.64. The molecule has 1 amide bonds. The molecule has 0 saturated carbocycles. The average Bonchev–Trinajstić information content (AvgIpc) is 2.66. The lowest BCUT2D eigenvalue weighted by molar-refractivity contribution is -0.130. The van der Waals surface area contributed by atoms with Crippen LogP contribution in [0.1, 0.15) is 18.1 Å². The molecule has 0 unspecified atom stereocenters. The number of hydrogen-bond acceptors (Lipinski definition) is 5. The minimum absolute atomic E-state index is 0.101. The fourth-order valence-electron chi connectivity index (χ4n) is 2.76. The lowest BCUT2D eigenvalue weighted by atomic mass is 10.0. The topological polar surface area (TPSA) is 82.8 Å². The number of morpholine rings is 1. The van der Waals surface area contributed by atoms with Crippen LogP contribution in [-0.4, -0.2) is 48.8 Å². The number of aromatic hydroxyl groups is 1. The Morgan fingerprint density at radius 1 is 1.42 bits per heavy atom. The Labute approximate surface area is 153 Å². The number of ether oxygens (including phenoxy) is 2. The van der Waals surface area contributed by atoms with E-state index in [9.17, 15) is 15.2 Å². The van der Waals surface area contributed by atoms with Gasteiger partial charge in [-0.05, 0) is 31.4 Å². The van der Waals surface area contributed by atoms with E-state index in [4.69, 9.17) is 9.47 Å². The normalized spacial score (nSPS) is 14.6. The molecule has 1 fully saturated rings. The molecule has 1 saturated heterocycles. The third-order valence-corrected chi connectivity index (χ3v) is 4.07. The van der Waals surface area contributed by atoms with Gasteiger partial charge in [-0.1, -0.05) is 18.2 Å². The highest BCUT2D eigenvalue weighted by Gasteiger charge is 2.20. The molecule has 138 valence electrons. The Bertz CT molecular complexity index is 728. The Hall–Kier alpha value is -2.78. The van der Waals surface area contributed by atoms with E-state index in [0.717, 1.165) is 5.56 Å². The predicted molar refractivity (Wildman–Crippen MR) is 98.0 cm³/mol. The second-order valence-corrected chi connectivity index (χ2v) is 5.87. The first-order valence-corrected chi connectivity index (χ1v) is 8.66. The maximum absolute atomic E-state index is 12.4. The van der Waals surface area contributed by atoms with Crippen molar-refractivity contribution < 1.29 is 19.4 Å². The molecule has 1 aromatic carbocycles. The van der Waals surface area contributed by atoms with Crippen LogP contribution >= 0.6 is 0 Å². The van der Waals surface area contributed by atoms with Crippen molar-refractivity contribution in [1.82, 2.24) is 4.90 Å². The summed E-state index contributed by atoms with van der Waals surface area (Å²) in [6.45, 7) is 7.94. The molecule has 2 rings (SSSR count). The van der Waals surface area contributed by atoms with Gasteiger partial charge in [-0.2, -0.15) is 5.26 Å². The zero-order chi connectivity index (χ0) is 18.9. The molecule has 0 aliphatic carbocycles. The van der Waals surface area contributed by atoms with Crippen LogP contribution in [0.3, 0.4) is 0 Å². The van der Waals surface area contributed by atoms with Crippen molar-refractivity contribution in [3.8, 4) is 17.6 Å². The third kappa shape index (κ3) is 4.87. The Morgan fingerprint density at radius 3 is 2.77 bits per heavy atom. The second-order valence-electron chi connectivity index (χ2n) is 5.87. The maximum atomic E-state index is 12.4. The number of nitriles is 1. The van der Waals surface area contributed by atoms with Gasteiger partial charge in [0.05, 0.1) is 19.8 Å². The summed E-state index contributed by atoms with van der Waals surface area (Å²) in [4.78, 5) is 14.1. The van der Waals surface area contributed by atoms with Crippen LogP contribution in [0.5, 0.6) is 11.5 Å². The number of carbonyl (C=O) groups excluding carboxylic acids is 1. The highest BCUT2D eigenvalue weighted by Crippen LogP contribution is 2.32. The third-order valence-electron chi connectivity index (χ3n) is 4.07. The number of nitrogens with zero attached hydrogens (tertiary/aromatic N) is 2. The van der Waals surface area contributed by atoms with Crippen molar-refractivity contribution in [2.75, 3.05) is 32.9 Å². The monoisotopic (exact) mass is 356 g/mol. The summed E-state index contributed by atoms with van der Waals surface area (Å²) >= 11 is 0. The van der Waals surface area contributed by atoms with Gasteiger partial charge < -0.3 is 19.5 Å². The van der Waals surface area contributed by atoms with Crippen molar-refractivity contribution in [3.63, 3.8) is 0 Å². The van der Waals surface area contributed by atoms with E-state index >= 15 is 0 Å². The highest BCUT2D eigenvalue weighted by molar-refractivity contribution is 5.97. The van der Waals surface area contributed by atoms with E-state index in [1.807, 2.05) is 19.1 Å². The van der Waals surface area contributed by atoms with Gasteiger partial charge in [-0.15, -0.1) is 6.58 Å². The van der Waals surface area contributed by atoms with Crippen molar-refractivity contribution in [2.45, 2.75) is 19.8 Å². The summed E-state index contributed by atoms with van der Waals surface area (Å²) in [7, 11) is 0. The lowest BCUT2D eigenvalue weighted by Gasteiger charge is -2.26. The van der Waals surface area contributed by atoms with Gasteiger partial charge in [0.1, 0.15) is 11.6 Å². The predicted octanol–water partition coefficient (Wildman–Crippen LogP) is 2.37. The molecule has 1 N–H and O–H groups in total. The molecule has 1 heterocycles. The first kappa shape index (κ1) is 19.5. The van der Waals surface area contributed by atoms with Gasteiger partial charge in [0, 0.05) is 18.7 Å². The lowest BCUT2D eigenvalue weighted by Crippen LogP contribution is -2.41. The number of hydrogen-bond donors (Lipinski definition) is 1. The molecule has 1 aliphatic heterocycles. The van der Waals surface area contributed by atoms with Gasteiger partial charge in [0.25, 0.3) is 5.91 Å². The zero-order valence-electron chi connectivity index (χ0n) is 15.0. The standard InChI is InChI=1S/C20H24N2O4/c1-3-5-16-12-15(13-18(19(16)23)26-4-2)6-7-17(14-21)20(24)22-8-10-25-11-9-22/h3,7,12-13,23H,1,4-6,8-11H2,2H3. The van der Waals surface area contributed by atoms with Crippen molar-refractivity contribution in [3.05, 3.63) is 47.6 Å². The van der Waals surface area contributed by atoms with E-state index in [0.29, 0.717) is 57.1 Å². The van der Waals surface area contributed by atoms with E-state index in [2.05, 4.69) is 6.58 Å². The summed E-state index contributed by atoms with van der Waals surface area (Å²) < 4.78 is 10.7. The summed E-state index contributed by atoms with van der Waals surface area (Å²) in [6.07, 6.45) is 4.22. The Morgan fingerprint density at radius 2 is 2.15 bits per heavy atom. The summed E-state index contributed by atoms with van der Waals surface area (Å²) in [6, 6.07) is 5.56. The van der Waals surface area contributed by atoms with Gasteiger partial charge in [-0.25, -0.2) is 0 Å². The van der Waals surface area contributed by atoms with Gasteiger partial charge in [0.2, 0.25) is 0 Å². The molecule has 0 aromatic heterocycles. The van der Waals surface area contributed by atoms with Crippen LogP contribution in [0.2, 0.25) is 0 Å². The van der Waals surface area contributed by atoms with Crippen molar-refractivity contribution in [2.24, 2.45) is 0 Å². The Balaban J connectivity index is 2.22. The molecule has 1 aliphatic rings. The number of phenolic OH excluding ortho intramolecular Hbond substituents is 1. The smallest absolute Gasteiger partial charge is 0.264 e. The molecule has 1 aromatic rings. The number of phenols is 1. The molecular weight excluding hydrogens is 332 g/mol. The van der Waals surface area contributed by atoms with Crippen LogP contribution in [0.15, 0.2) is 36.4 Å². The van der Waals surface area contributed by atoms with Crippen molar-refractivity contribution in [1.29, 1.82) is 5.26 Å². The van der Waals surface area contributed by atoms with Crippen LogP contribution in [0, 0.1) is 11.3 Å². The Kier molecular flexibility index (Phi) is 7.24. The summed E-state index contributed by atoms with van der Waals surface area (Å²) in [5, 5.41) is 19.6. The molecule has 26 heavy (non-hydrogen) atoms. The highest BCUT2D eigenvalue weighted by atomic mass is 16.5. The van der Waals surface area contributed by atoms with Gasteiger partial charge in [0.15, 0.2) is 11.5 Å². The van der Waals surface area contributed by atoms with Gasteiger partial charge >= 0.3 is 0 Å². The maximum Gasteiger partial charge on any atom is 0.264 e. The van der Waals surface area contributed by atoms with Crippen LogP contribution in [-0.2, 0) is 22.4 Å². The van der Waals surface area contributed by atoms with E-state index in [1.54, 1.807) is 23.1 Å². The molecule has 0 bridgehead atoms. The van der Waals surface area contributed by atoms with Crippen LogP contribution < -0.4 is 4.74 Å². The molecular formula is C20H24N2O4. The molecule has 6 heteroatoms. The fourth-order valence-corrected chi connectivity index (χ4v) is 2.76. The molecule has 0 spiro atoms. The molecule has 0 atom stereocenters. The minimum Gasteiger partial charge on any atom is -0.504 e. The number of rotatable bonds is 7. The summed E-state index contributed by atoms with van der Waals surface area (Å²) in [5.74, 6) is 0.226. The van der Waals surface area contributed by atoms with E-state index < -0.39 is 0 Å². The number of amides is 1. The minimum atomic E-state index is -0.272.